The maximum absolute atomic E-state index is 5.60. The van der Waals surface area contributed by atoms with Gasteiger partial charge < -0.3 is 14.0 Å². The third-order valence-corrected chi connectivity index (χ3v) is 5.37. The lowest BCUT2D eigenvalue weighted by atomic mass is 9.96. The number of aromatic nitrogens is 2. The van der Waals surface area contributed by atoms with Crippen LogP contribution >= 0.6 is 0 Å². The van der Waals surface area contributed by atoms with Crippen molar-refractivity contribution < 1.29 is 14.0 Å². The van der Waals surface area contributed by atoms with Gasteiger partial charge in [0.2, 0.25) is 5.89 Å². The van der Waals surface area contributed by atoms with Crippen molar-refractivity contribution in [2.24, 2.45) is 0 Å². The highest BCUT2D eigenvalue weighted by molar-refractivity contribution is 4.98. The molecule has 2 aliphatic heterocycles. The summed E-state index contributed by atoms with van der Waals surface area (Å²) in [6.07, 6.45) is 4.24. The highest BCUT2D eigenvalue weighted by Crippen LogP contribution is 2.32. The van der Waals surface area contributed by atoms with E-state index in [0.717, 1.165) is 57.5 Å². The Morgan fingerprint density at radius 3 is 2.76 bits per heavy atom. The van der Waals surface area contributed by atoms with E-state index in [1.165, 1.54) is 12.8 Å². The van der Waals surface area contributed by atoms with Gasteiger partial charge in [-0.1, -0.05) is 11.6 Å². The molecule has 1 aromatic rings. The fourth-order valence-electron chi connectivity index (χ4n) is 3.92. The molecule has 1 unspecified atom stereocenters. The lowest BCUT2D eigenvalue weighted by Gasteiger charge is -2.45. The van der Waals surface area contributed by atoms with Crippen LogP contribution in [0.2, 0.25) is 0 Å². The zero-order valence-electron chi connectivity index (χ0n) is 15.9. The van der Waals surface area contributed by atoms with Crippen LogP contribution in [0.15, 0.2) is 4.52 Å². The quantitative estimate of drug-likeness (QED) is 0.742. The van der Waals surface area contributed by atoms with Crippen molar-refractivity contribution in [1.82, 2.24) is 19.9 Å². The fraction of sp³-hybridized carbons (Fsp3) is 0.889. The van der Waals surface area contributed by atoms with Gasteiger partial charge in [0, 0.05) is 38.7 Å². The summed E-state index contributed by atoms with van der Waals surface area (Å²) in [7, 11) is 1.69. The van der Waals surface area contributed by atoms with Crippen molar-refractivity contribution in [2.75, 3.05) is 53.1 Å². The lowest BCUT2D eigenvalue weighted by molar-refractivity contribution is -0.0321. The smallest absolute Gasteiger partial charge is 0.243 e. The van der Waals surface area contributed by atoms with Crippen LogP contribution in [0.4, 0.5) is 0 Å². The van der Waals surface area contributed by atoms with Gasteiger partial charge in [0.15, 0.2) is 5.82 Å². The Morgan fingerprint density at radius 1 is 1.20 bits per heavy atom. The van der Waals surface area contributed by atoms with E-state index < -0.39 is 0 Å². The molecule has 7 heteroatoms. The average Bonchev–Trinajstić information content (AvgIpc) is 3.09. The van der Waals surface area contributed by atoms with Gasteiger partial charge in [-0.2, -0.15) is 4.98 Å². The second-order valence-electron chi connectivity index (χ2n) is 7.69. The highest BCUT2D eigenvalue weighted by atomic mass is 16.5. The zero-order valence-corrected chi connectivity index (χ0v) is 15.9. The molecule has 142 valence electrons. The first-order valence-electron chi connectivity index (χ1n) is 9.48. The minimum absolute atomic E-state index is 0.109. The molecule has 0 aromatic carbocycles. The summed E-state index contributed by atoms with van der Waals surface area (Å²) >= 11 is 0. The van der Waals surface area contributed by atoms with Crippen molar-refractivity contribution in [3.05, 3.63) is 11.7 Å². The summed E-state index contributed by atoms with van der Waals surface area (Å²) in [5.41, 5.74) is 0.109. The van der Waals surface area contributed by atoms with E-state index in [4.69, 9.17) is 14.0 Å². The number of rotatable bonds is 7. The molecule has 2 aliphatic rings. The van der Waals surface area contributed by atoms with Gasteiger partial charge in [-0.25, -0.2) is 0 Å². The largest absolute Gasteiger partial charge is 0.384 e. The summed E-state index contributed by atoms with van der Waals surface area (Å²) in [4.78, 5) is 9.71. The van der Waals surface area contributed by atoms with Crippen molar-refractivity contribution in [3.63, 3.8) is 0 Å². The van der Waals surface area contributed by atoms with Crippen LogP contribution in [0, 0.1) is 0 Å². The Balaban J connectivity index is 1.66. The van der Waals surface area contributed by atoms with E-state index in [0.29, 0.717) is 13.0 Å². The number of morpholine rings is 1. The zero-order chi connectivity index (χ0) is 17.7. The summed E-state index contributed by atoms with van der Waals surface area (Å²) in [5, 5.41) is 4.13. The first-order chi connectivity index (χ1) is 12.1. The molecule has 0 bridgehead atoms. The summed E-state index contributed by atoms with van der Waals surface area (Å²) < 4.78 is 16.2. The van der Waals surface area contributed by atoms with E-state index in [9.17, 15) is 0 Å². The number of likely N-dealkylation sites (tertiary alicyclic amines) is 1. The van der Waals surface area contributed by atoms with Crippen molar-refractivity contribution in [3.8, 4) is 0 Å². The van der Waals surface area contributed by atoms with Gasteiger partial charge in [-0.05, 0) is 33.2 Å². The molecule has 0 spiro atoms. The maximum atomic E-state index is 5.60. The molecule has 0 aliphatic carbocycles. The second-order valence-corrected chi connectivity index (χ2v) is 7.69. The van der Waals surface area contributed by atoms with Crippen LogP contribution in [-0.2, 0) is 15.9 Å². The maximum Gasteiger partial charge on any atom is 0.243 e. The van der Waals surface area contributed by atoms with Crippen molar-refractivity contribution in [2.45, 2.75) is 51.1 Å². The van der Waals surface area contributed by atoms with E-state index in [1.807, 2.05) is 0 Å². The van der Waals surface area contributed by atoms with Crippen molar-refractivity contribution in [1.29, 1.82) is 0 Å². The Labute approximate surface area is 150 Å². The van der Waals surface area contributed by atoms with Crippen LogP contribution < -0.4 is 0 Å². The molecule has 0 N–H and O–H groups in total. The Hall–Kier alpha value is -1.02. The molecule has 0 radical (unpaired) electrons. The first-order valence-corrected chi connectivity index (χ1v) is 9.48. The highest BCUT2D eigenvalue weighted by Gasteiger charge is 2.36. The van der Waals surface area contributed by atoms with Gasteiger partial charge in [-0.15, -0.1) is 0 Å². The molecule has 2 fully saturated rings. The van der Waals surface area contributed by atoms with Crippen LogP contribution in [0.25, 0.3) is 0 Å². The number of piperidine rings is 1. The third kappa shape index (κ3) is 4.78. The molecular weight excluding hydrogens is 320 g/mol. The topological polar surface area (TPSA) is 63.9 Å². The van der Waals surface area contributed by atoms with Crippen molar-refractivity contribution >= 4 is 0 Å². The van der Waals surface area contributed by atoms with E-state index in [1.54, 1.807) is 7.11 Å². The standard InChI is InChI=1S/C18H32N4O3/c1-18(2,22-9-12-24-13-10-22)14-21-8-5-4-6-15(21)17-19-16(20-25-17)7-11-23-3/h15H,4-14H2,1-3H3. The number of nitrogens with zero attached hydrogens (tertiary/aromatic N) is 4. The molecular formula is C18H32N4O3. The van der Waals surface area contributed by atoms with E-state index in [2.05, 4.69) is 33.8 Å². The van der Waals surface area contributed by atoms with Gasteiger partial charge in [-0.3, -0.25) is 9.80 Å². The van der Waals surface area contributed by atoms with Crippen LogP contribution in [0.5, 0.6) is 0 Å². The predicted octanol–water partition coefficient (Wildman–Crippen LogP) is 1.90. The van der Waals surface area contributed by atoms with E-state index >= 15 is 0 Å². The van der Waals surface area contributed by atoms with Gasteiger partial charge in [0.25, 0.3) is 0 Å². The molecule has 2 saturated heterocycles. The van der Waals surface area contributed by atoms with Gasteiger partial charge in [0.1, 0.15) is 0 Å². The molecule has 7 nitrogen and oxygen atoms in total. The molecule has 0 amide bonds. The minimum Gasteiger partial charge on any atom is -0.384 e. The molecule has 1 aromatic heterocycles. The van der Waals surface area contributed by atoms with E-state index in [-0.39, 0.29) is 11.6 Å². The molecule has 3 rings (SSSR count). The van der Waals surface area contributed by atoms with Gasteiger partial charge in [0.05, 0.1) is 25.9 Å². The summed E-state index contributed by atoms with van der Waals surface area (Å²) in [6, 6.07) is 0.234. The minimum atomic E-state index is 0.109. The molecule has 1 atom stereocenters. The number of hydrogen-bond acceptors (Lipinski definition) is 7. The number of ether oxygens (including phenoxy) is 2. The summed E-state index contributed by atoms with van der Waals surface area (Å²) in [6.45, 7) is 11.1. The molecule has 3 heterocycles. The Kier molecular flexibility index (Phi) is 6.44. The number of hydrogen-bond donors (Lipinski definition) is 0. The Morgan fingerprint density at radius 2 is 2.00 bits per heavy atom. The Bertz CT molecular complexity index is 528. The van der Waals surface area contributed by atoms with Crippen LogP contribution in [0.3, 0.4) is 0 Å². The normalized spacial score (nSPS) is 23.9. The molecule has 25 heavy (non-hydrogen) atoms. The average molecular weight is 352 g/mol. The first kappa shape index (κ1) is 18.8. The predicted molar refractivity (Wildman–Crippen MR) is 94.5 cm³/mol. The lowest BCUT2D eigenvalue weighted by Crippen LogP contribution is -2.56. The van der Waals surface area contributed by atoms with Crippen LogP contribution in [-0.4, -0.2) is 78.6 Å². The number of methoxy groups -OCH3 is 1. The third-order valence-electron chi connectivity index (χ3n) is 5.37. The second kappa shape index (κ2) is 8.58. The van der Waals surface area contributed by atoms with Gasteiger partial charge >= 0.3 is 0 Å². The molecule has 0 saturated carbocycles. The fourth-order valence-corrected chi connectivity index (χ4v) is 3.92. The summed E-state index contributed by atoms with van der Waals surface area (Å²) in [5.74, 6) is 1.51. The monoisotopic (exact) mass is 352 g/mol. The SMILES string of the molecule is COCCc1noc(C2CCCCN2CC(C)(C)N2CCOCC2)n1. The van der Waals surface area contributed by atoms with Crippen LogP contribution in [0.1, 0.15) is 50.9 Å².